The highest BCUT2D eigenvalue weighted by atomic mass is 16.7. The smallest absolute Gasteiger partial charge is 0.351 e. The van der Waals surface area contributed by atoms with E-state index in [-0.39, 0.29) is 83.3 Å². The number of esters is 2. The quantitative estimate of drug-likeness (QED) is 0.119. The van der Waals surface area contributed by atoms with E-state index < -0.39 is 47.0 Å². The molecule has 0 amide bonds. The zero-order valence-electron chi connectivity index (χ0n) is 50.3. The Hall–Kier alpha value is -10.6. The number of carbonyl (C=O) groups excluding carboxylic acids is 4. The number of benzene rings is 4. The van der Waals surface area contributed by atoms with Crippen LogP contribution in [0.25, 0.3) is 43.9 Å². The van der Waals surface area contributed by atoms with Crippen molar-refractivity contribution in [3.63, 3.8) is 0 Å². The van der Waals surface area contributed by atoms with E-state index in [0.29, 0.717) is 153 Å². The number of Topliss-reactive ketones (excluding diaryl/α,β-unsaturated/α-hetero) is 2. The number of rotatable bonds is 4. The van der Waals surface area contributed by atoms with Crippen LogP contribution in [-0.2, 0) is 54.1 Å². The molecule has 8 unspecified atom stereocenters. The van der Waals surface area contributed by atoms with E-state index in [1.54, 1.807) is 44.9 Å². The van der Waals surface area contributed by atoms with Gasteiger partial charge in [0.2, 0.25) is 12.6 Å². The van der Waals surface area contributed by atoms with Crippen LogP contribution in [0, 0.1) is 0 Å². The zero-order chi connectivity index (χ0) is 64.3. The third-order valence-corrected chi connectivity index (χ3v) is 19.3. The van der Waals surface area contributed by atoms with Crippen LogP contribution in [0.5, 0.6) is 46.0 Å². The lowest BCUT2D eigenvalue weighted by Gasteiger charge is -2.19. The molecule has 4 aromatic carbocycles. The van der Waals surface area contributed by atoms with Crippen LogP contribution in [0.1, 0.15) is 135 Å². The molecule has 2 fully saturated rings. The van der Waals surface area contributed by atoms with Crippen LogP contribution in [0.4, 0.5) is 0 Å². The maximum absolute atomic E-state index is 12.4. The molecule has 8 aromatic rings. The van der Waals surface area contributed by atoms with Gasteiger partial charge < -0.3 is 84.0 Å². The van der Waals surface area contributed by atoms with Crippen molar-refractivity contribution in [2.24, 2.45) is 0 Å². The lowest BCUT2D eigenvalue weighted by atomic mass is 9.92. The van der Waals surface area contributed by atoms with Crippen molar-refractivity contribution in [3.05, 3.63) is 157 Å². The average Bonchev–Trinajstić information content (AvgIpc) is 1.60. The van der Waals surface area contributed by atoms with Crippen molar-refractivity contribution in [2.45, 2.75) is 100 Å². The van der Waals surface area contributed by atoms with Crippen LogP contribution in [0.2, 0.25) is 0 Å². The Morgan fingerprint density at radius 3 is 1.07 bits per heavy atom. The minimum Gasteiger partial charge on any atom is -0.496 e. The highest BCUT2D eigenvalue weighted by molar-refractivity contribution is 6.08. The maximum Gasteiger partial charge on any atom is 0.351 e. The number of cyclic esters (lactones) is 2. The van der Waals surface area contributed by atoms with Gasteiger partial charge in [0, 0.05) is 61.1 Å². The van der Waals surface area contributed by atoms with E-state index in [9.17, 15) is 38.4 Å². The van der Waals surface area contributed by atoms with E-state index in [2.05, 4.69) is 0 Å². The molecule has 0 spiro atoms. The van der Waals surface area contributed by atoms with Gasteiger partial charge in [0.25, 0.3) is 12.6 Å². The number of methoxy groups -OCH3 is 4. The lowest BCUT2D eigenvalue weighted by molar-refractivity contribution is -0.0340. The Morgan fingerprint density at radius 2 is 0.702 bits per heavy atom. The Morgan fingerprint density at radius 1 is 0.372 bits per heavy atom. The van der Waals surface area contributed by atoms with Crippen LogP contribution in [0.15, 0.2) is 85.8 Å². The second-order valence-electron chi connectivity index (χ2n) is 23.8. The van der Waals surface area contributed by atoms with E-state index in [1.807, 2.05) is 18.2 Å². The number of aryl methyl sites for hydroxylation is 2. The van der Waals surface area contributed by atoms with Gasteiger partial charge in [-0.15, -0.1) is 0 Å². The summed E-state index contributed by atoms with van der Waals surface area (Å²) in [4.78, 5) is 97.4. The molecule has 2 saturated heterocycles. The summed E-state index contributed by atoms with van der Waals surface area (Å²) in [7, 11) is 6.15. The molecule has 4 aromatic heterocycles. The van der Waals surface area contributed by atoms with Gasteiger partial charge in [0.05, 0.1) is 124 Å². The molecular weight excluding hydrogens is 1230 g/mol. The van der Waals surface area contributed by atoms with Gasteiger partial charge in [-0.2, -0.15) is 0 Å². The van der Waals surface area contributed by atoms with Gasteiger partial charge in [-0.1, -0.05) is 0 Å². The highest BCUT2D eigenvalue weighted by Crippen LogP contribution is 2.55. The summed E-state index contributed by atoms with van der Waals surface area (Å²) in [5.41, 5.74) is 5.32. The summed E-state index contributed by atoms with van der Waals surface area (Å²) in [6, 6.07) is 7.10. The fraction of sp³-hybridized carbons (Fsp3) is 0.353. The monoisotopic (exact) mass is 1280 g/mol. The molecule has 0 N–H and O–H groups in total. The van der Waals surface area contributed by atoms with Crippen molar-refractivity contribution in [1.29, 1.82) is 0 Å². The molecule has 480 valence electrons. The van der Waals surface area contributed by atoms with Crippen molar-refractivity contribution >= 4 is 67.4 Å². The molecule has 26 nitrogen and oxygen atoms in total. The third kappa shape index (κ3) is 8.33. The second-order valence-corrected chi connectivity index (χ2v) is 23.8. The standard InChI is InChI=1S/C17H14O7.C17H12O7.C17H14O6.C17H12O6/c2*1-20-9-6-10-12(8-3-5-22-17(8)23-10)14-11(9)7-2-4-21-15(18)13(7)16(19)24-14;2*1-20-10-6-11-14(8-4-5-21-17(8)22-11)15-13(10)7-2-3-9(18)12(7)16(19)23-15/h6,8,17H,2-5H2,1H3;3,5-6,8,17H,2,4H2,1H3;6,8,17H,2-5H2,1H3;4-6,8,17H,2-3H2,1H3. The molecule has 14 heterocycles. The highest BCUT2D eigenvalue weighted by Gasteiger charge is 2.47. The minimum absolute atomic E-state index is 0.0187. The molecule has 26 heteroatoms. The number of fused-ring (bicyclic) bond motifs is 28. The predicted octanol–water partition coefficient (Wildman–Crippen LogP) is 8.03. The summed E-state index contributed by atoms with van der Waals surface area (Å²) in [5, 5.41) is 2.69. The lowest BCUT2D eigenvalue weighted by Crippen LogP contribution is -2.26. The van der Waals surface area contributed by atoms with Crippen LogP contribution in [0.3, 0.4) is 0 Å². The number of ether oxygens (including phenoxy) is 14. The largest absolute Gasteiger partial charge is 0.496 e. The molecule has 94 heavy (non-hydrogen) atoms. The van der Waals surface area contributed by atoms with Crippen molar-refractivity contribution in [3.8, 4) is 46.0 Å². The van der Waals surface area contributed by atoms with Crippen LogP contribution >= 0.6 is 0 Å². The first-order chi connectivity index (χ1) is 45.7. The van der Waals surface area contributed by atoms with E-state index >= 15 is 0 Å². The van der Waals surface area contributed by atoms with E-state index in [1.165, 1.54) is 14.2 Å². The first kappa shape index (κ1) is 57.3. The third-order valence-electron chi connectivity index (χ3n) is 19.3. The average molecular weight is 1290 g/mol. The first-order valence-corrected chi connectivity index (χ1v) is 30.5. The first-order valence-electron chi connectivity index (χ1n) is 30.5. The van der Waals surface area contributed by atoms with Gasteiger partial charge in [-0.05, 0) is 60.1 Å². The Bertz CT molecular complexity index is 5080. The van der Waals surface area contributed by atoms with Gasteiger partial charge in [0.1, 0.15) is 90.6 Å². The molecule has 0 radical (unpaired) electrons. The molecule has 8 atom stereocenters. The van der Waals surface area contributed by atoms with Gasteiger partial charge in [-0.3, -0.25) is 9.59 Å². The summed E-state index contributed by atoms with van der Waals surface area (Å²) in [6.07, 6.45) is 9.50. The Balaban J connectivity index is 0.0000000954. The van der Waals surface area contributed by atoms with Crippen molar-refractivity contribution in [1.82, 2.24) is 0 Å². The SMILES string of the molecule is COc1cc2c(c3oc(=O)c4c(c13)CCC4=O)C1C=COC1O2.COc1cc2c(c3oc(=O)c4c(c13)CCC4=O)C1CCOC1O2.COc1cc2c(c3oc(=O)c4c(c13)CCOC4=O)C1C=COC1O2.COc1cc2c(c3oc(=O)c4c(c13)CCOC4=O)C1CCOC1O2. The Kier molecular flexibility index (Phi) is 13.1. The van der Waals surface area contributed by atoms with Crippen molar-refractivity contribution < 1.29 is 103 Å². The minimum atomic E-state index is -0.705. The molecule has 2 aliphatic carbocycles. The number of hydrogen-bond acceptors (Lipinski definition) is 26. The molecule has 20 rings (SSSR count). The molecule has 0 bridgehead atoms. The predicted molar refractivity (Wildman–Crippen MR) is 320 cm³/mol. The maximum atomic E-state index is 12.4. The number of carbonyl (C=O) groups is 4. The van der Waals surface area contributed by atoms with Crippen LogP contribution in [-0.4, -0.2) is 104 Å². The molecule has 12 aliphatic rings. The van der Waals surface area contributed by atoms with Crippen molar-refractivity contribution in [2.75, 3.05) is 54.9 Å². The number of hydrogen-bond donors (Lipinski definition) is 0. The molecular formula is C68H52O26. The molecule has 10 aliphatic heterocycles. The molecule has 0 saturated carbocycles. The second kappa shape index (κ2) is 21.5. The van der Waals surface area contributed by atoms with Gasteiger partial charge in [0.15, 0.2) is 11.6 Å². The fourth-order valence-electron chi connectivity index (χ4n) is 15.2. The normalized spacial score (nSPS) is 23.8. The summed E-state index contributed by atoms with van der Waals surface area (Å²) >= 11 is 0. The summed E-state index contributed by atoms with van der Waals surface area (Å²) < 4.78 is 99.2. The van der Waals surface area contributed by atoms with Gasteiger partial charge in [-0.25, -0.2) is 28.8 Å². The van der Waals surface area contributed by atoms with Gasteiger partial charge >= 0.3 is 34.4 Å². The summed E-state index contributed by atoms with van der Waals surface area (Å²) in [5.74, 6) is 2.64. The van der Waals surface area contributed by atoms with E-state index in [4.69, 9.17) is 84.0 Å². The topological polar surface area (TPSA) is 318 Å². The van der Waals surface area contributed by atoms with E-state index in [0.717, 1.165) is 46.0 Å². The summed E-state index contributed by atoms with van der Waals surface area (Å²) in [6.45, 7) is 1.67. The fourth-order valence-corrected chi connectivity index (χ4v) is 15.2. The van der Waals surface area contributed by atoms with Crippen LogP contribution < -0.4 is 60.4 Å². The Labute approximate surface area is 527 Å². The zero-order valence-corrected chi connectivity index (χ0v) is 50.3. The number of ketones is 2.